The van der Waals surface area contributed by atoms with Gasteiger partial charge in [-0.2, -0.15) is 13.2 Å². The predicted molar refractivity (Wildman–Crippen MR) is 43.9 cm³/mol. The minimum atomic E-state index is -4.33. The molecule has 0 aromatic heterocycles. The normalized spacial score (nSPS) is 16.7. The summed E-state index contributed by atoms with van der Waals surface area (Å²) >= 11 is 0. The van der Waals surface area contributed by atoms with Crippen LogP contribution in [0.25, 0.3) is 0 Å². The summed E-state index contributed by atoms with van der Waals surface area (Å²) in [5.74, 6) is 0. The molecule has 0 aliphatic rings. The third-order valence-corrected chi connectivity index (χ3v) is 1.59. The lowest BCUT2D eigenvalue weighted by atomic mass is 9.94. The Hall–Kier alpha value is -0.330. The van der Waals surface area contributed by atoms with Gasteiger partial charge < -0.3 is 14.6 Å². The number of halogens is 3. The molecule has 0 amide bonds. The number of methoxy groups -OCH3 is 1. The molecule has 0 aliphatic carbocycles. The fraction of sp³-hybridized carbons (Fsp3) is 1.00. The lowest BCUT2D eigenvalue weighted by molar-refractivity contribution is -0.184. The lowest BCUT2D eigenvalue weighted by Gasteiger charge is -2.26. The van der Waals surface area contributed by atoms with Crippen LogP contribution in [0.5, 0.6) is 0 Å². The molecule has 0 aliphatic heterocycles. The van der Waals surface area contributed by atoms with E-state index in [0.717, 1.165) is 0 Å². The molecule has 0 saturated heterocycles. The zero-order valence-electron chi connectivity index (χ0n) is 8.23. The Morgan fingerprint density at radius 3 is 2.07 bits per heavy atom. The maximum absolute atomic E-state index is 11.7. The monoisotopic (exact) mass is 216 g/mol. The van der Waals surface area contributed by atoms with Crippen LogP contribution in [0.2, 0.25) is 0 Å². The van der Waals surface area contributed by atoms with Gasteiger partial charge in [0.15, 0.2) is 0 Å². The second kappa shape index (κ2) is 5.53. The lowest BCUT2D eigenvalue weighted by Crippen LogP contribution is -2.34. The Labute approximate surface area is 80.8 Å². The van der Waals surface area contributed by atoms with Gasteiger partial charge in [0.05, 0.1) is 19.8 Å². The summed E-state index contributed by atoms with van der Waals surface area (Å²) in [7, 11) is 1.41. The summed E-state index contributed by atoms with van der Waals surface area (Å²) in [6.07, 6.45) is -4.33. The van der Waals surface area contributed by atoms with Gasteiger partial charge >= 0.3 is 6.18 Å². The molecule has 3 nitrogen and oxygen atoms in total. The minimum absolute atomic E-state index is 0.154. The largest absolute Gasteiger partial charge is 0.411 e. The summed E-state index contributed by atoms with van der Waals surface area (Å²) in [4.78, 5) is 0. The molecule has 0 saturated carbocycles. The van der Waals surface area contributed by atoms with Gasteiger partial charge in [-0.3, -0.25) is 0 Å². The molecule has 14 heavy (non-hydrogen) atoms. The number of hydrogen-bond acceptors (Lipinski definition) is 3. The van der Waals surface area contributed by atoms with Crippen molar-refractivity contribution in [2.75, 3.05) is 33.5 Å². The first kappa shape index (κ1) is 13.7. The molecule has 0 aromatic carbocycles. The van der Waals surface area contributed by atoms with Gasteiger partial charge in [-0.25, -0.2) is 0 Å². The summed E-state index contributed by atoms with van der Waals surface area (Å²) < 4.78 is 44.3. The number of alkyl halides is 3. The van der Waals surface area contributed by atoms with Gasteiger partial charge in [0, 0.05) is 12.5 Å². The molecule has 0 heterocycles. The van der Waals surface area contributed by atoms with Crippen LogP contribution < -0.4 is 0 Å². The van der Waals surface area contributed by atoms with Crippen molar-refractivity contribution in [1.29, 1.82) is 0 Å². The Morgan fingerprint density at radius 1 is 1.14 bits per heavy atom. The van der Waals surface area contributed by atoms with Crippen LogP contribution in [0.1, 0.15) is 6.92 Å². The standard InChI is InChI=1S/C8H15F3O3/c1-7(3-12,4-13-2)5-14-6-8(9,10)11/h12H,3-6H2,1-2H3. The third-order valence-electron chi connectivity index (χ3n) is 1.59. The molecule has 1 unspecified atom stereocenters. The van der Waals surface area contributed by atoms with E-state index >= 15 is 0 Å². The van der Waals surface area contributed by atoms with Crippen LogP contribution in [0.4, 0.5) is 13.2 Å². The van der Waals surface area contributed by atoms with E-state index in [2.05, 4.69) is 4.74 Å². The van der Waals surface area contributed by atoms with Crippen LogP contribution in [0.3, 0.4) is 0 Å². The molecule has 0 aromatic rings. The average molecular weight is 216 g/mol. The third kappa shape index (κ3) is 6.17. The van der Waals surface area contributed by atoms with Crippen LogP contribution in [0.15, 0.2) is 0 Å². The Kier molecular flexibility index (Phi) is 5.40. The summed E-state index contributed by atoms with van der Waals surface area (Å²) in [6.45, 7) is -0.0178. The number of ether oxygens (including phenoxy) is 2. The van der Waals surface area contributed by atoms with Crippen molar-refractivity contribution in [3.05, 3.63) is 0 Å². The molecule has 1 N–H and O–H groups in total. The van der Waals surface area contributed by atoms with E-state index in [1.807, 2.05) is 0 Å². The second-order valence-electron chi connectivity index (χ2n) is 3.51. The zero-order valence-corrected chi connectivity index (χ0v) is 8.23. The maximum atomic E-state index is 11.7. The topological polar surface area (TPSA) is 38.7 Å². The summed E-state index contributed by atoms with van der Waals surface area (Å²) in [5, 5.41) is 8.90. The number of aliphatic hydroxyl groups is 1. The first-order valence-electron chi connectivity index (χ1n) is 4.07. The summed E-state index contributed by atoms with van der Waals surface area (Å²) in [5.41, 5.74) is -0.778. The van der Waals surface area contributed by atoms with Crippen molar-refractivity contribution in [1.82, 2.24) is 0 Å². The van der Waals surface area contributed by atoms with Crippen molar-refractivity contribution in [2.45, 2.75) is 13.1 Å². The highest BCUT2D eigenvalue weighted by molar-refractivity contribution is 4.72. The van der Waals surface area contributed by atoms with Crippen LogP contribution in [-0.2, 0) is 9.47 Å². The zero-order chi connectivity index (χ0) is 11.2. The van der Waals surface area contributed by atoms with Gasteiger partial charge in [-0.1, -0.05) is 6.92 Å². The molecule has 0 bridgehead atoms. The van der Waals surface area contributed by atoms with E-state index in [9.17, 15) is 13.2 Å². The number of rotatable bonds is 6. The predicted octanol–water partition coefficient (Wildman–Crippen LogP) is 1.21. The molecule has 6 heteroatoms. The van der Waals surface area contributed by atoms with Gasteiger partial charge in [0.25, 0.3) is 0 Å². The van der Waals surface area contributed by atoms with Crippen LogP contribution in [0, 0.1) is 5.41 Å². The van der Waals surface area contributed by atoms with Gasteiger partial charge in [0.1, 0.15) is 6.61 Å². The first-order chi connectivity index (χ1) is 6.33. The fourth-order valence-corrected chi connectivity index (χ4v) is 0.895. The van der Waals surface area contributed by atoms with E-state index in [0.29, 0.717) is 0 Å². The smallest absolute Gasteiger partial charge is 0.396 e. The SMILES string of the molecule is COCC(C)(CO)COCC(F)(F)F. The second-order valence-corrected chi connectivity index (χ2v) is 3.51. The minimum Gasteiger partial charge on any atom is -0.396 e. The number of hydrogen-bond donors (Lipinski definition) is 1. The number of aliphatic hydroxyl groups excluding tert-OH is 1. The van der Waals surface area contributed by atoms with Crippen LogP contribution in [-0.4, -0.2) is 44.8 Å². The molecule has 0 radical (unpaired) electrons. The highest BCUT2D eigenvalue weighted by Gasteiger charge is 2.30. The average Bonchev–Trinajstić information content (AvgIpc) is 2.02. The van der Waals surface area contributed by atoms with Crippen LogP contribution >= 0.6 is 0 Å². The van der Waals surface area contributed by atoms with E-state index < -0.39 is 18.2 Å². The van der Waals surface area contributed by atoms with Crippen molar-refractivity contribution < 1.29 is 27.8 Å². The maximum Gasteiger partial charge on any atom is 0.411 e. The molecule has 0 spiro atoms. The van der Waals surface area contributed by atoms with Crippen molar-refractivity contribution >= 4 is 0 Å². The fourth-order valence-electron chi connectivity index (χ4n) is 0.895. The molecular formula is C8H15F3O3. The van der Waals surface area contributed by atoms with E-state index in [4.69, 9.17) is 9.84 Å². The Balaban J connectivity index is 3.84. The quantitative estimate of drug-likeness (QED) is 0.725. The Morgan fingerprint density at radius 2 is 1.71 bits per heavy atom. The van der Waals surface area contributed by atoms with E-state index in [-0.39, 0.29) is 19.8 Å². The molecule has 1 atom stereocenters. The molecule has 0 rings (SSSR count). The van der Waals surface area contributed by atoms with Crippen molar-refractivity contribution in [3.63, 3.8) is 0 Å². The van der Waals surface area contributed by atoms with Gasteiger partial charge in [0.2, 0.25) is 0 Å². The van der Waals surface area contributed by atoms with Gasteiger partial charge in [-0.15, -0.1) is 0 Å². The summed E-state index contributed by atoms with van der Waals surface area (Å²) in [6, 6.07) is 0. The van der Waals surface area contributed by atoms with Gasteiger partial charge in [-0.05, 0) is 0 Å². The van der Waals surface area contributed by atoms with Crippen molar-refractivity contribution in [2.24, 2.45) is 5.41 Å². The highest BCUT2D eigenvalue weighted by Crippen LogP contribution is 2.19. The highest BCUT2D eigenvalue weighted by atomic mass is 19.4. The molecule has 0 fully saturated rings. The molecule has 86 valence electrons. The Bertz CT molecular complexity index is 160. The molecular weight excluding hydrogens is 201 g/mol. The van der Waals surface area contributed by atoms with E-state index in [1.54, 1.807) is 6.92 Å². The first-order valence-corrected chi connectivity index (χ1v) is 4.07. The van der Waals surface area contributed by atoms with E-state index in [1.165, 1.54) is 7.11 Å². The van der Waals surface area contributed by atoms with Crippen molar-refractivity contribution in [3.8, 4) is 0 Å².